The van der Waals surface area contributed by atoms with Crippen LogP contribution in [0.2, 0.25) is 0 Å². The van der Waals surface area contributed by atoms with Gasteiger partial charge in [0.15, 0.2) is 0 Å². The largest absolute Gasteiger partial charge is 0.370 e. The average molecular weight is 243 g/mol. The van der Waals surface area contributed by atoms with Gasteiger partial charge in [-0.2, -0.15) is 5.26 Å². The predicted octanol–water partition coefficient (Wildman–Crippen LogP) is 0.927. The molecule has 0 spiro atoms. The second-order valence-electron chi connectivity index (χ2n) is 4.14. The van der Waals surface area contributed by atoms with Crippen LogP contribution >= 0.6 is 0 Å². The van der Waals surface area contributed by atoms with Crippen LogP contribution in [-0.4, -0.2) is 15.5 Å². The molecular weight excluding hydrogens is 230 g/mol. The number of hydrogen-bond acceptors (Lipinski definition) is 4. The Kier molecular flexibility index (Phi) is 2.90. The van der Waals surface area contributed by atoms with E-state index in [4.69, 9.17) is 16.7 Å². The Morgan fingerprint density at radius 1 is 1.61 bits per heavy atom. The number of primary amides is 1. The Morgan fingerprint density at radius 3 is 2.94 bits per heavy atom. The Morgan fingerprint density at radius 2 is 2.33 bits per heavy atom. The molecule has 0 fully saturated rings. The third kappa shape index (κ3) is 1.86. The summed E-state index contributed by atoms with van der Waals surface area (Å²) < 4.78 is 1.72. The Bertz CT molecular complexity index is 652. The van der Waals surface area contributed by atoms with Crippen LogP contribution in [0.25, 0.3) is 11.0 Å². The fraction of sp³-hybridized carbons (Fsp3) is 0.250. The highest BCUT2D eigenvalue weighted by atomic mass is 16.1. The second-order valence-corrected chi connectivity index (χ2v) is 4.14. The van der Waals surface area contributed by atoms with Gasteiger partial charge in [-0.25, -0.2) is 4.98 Å². The summed E-state index contributed by atoms with van der Waals surface area (Å²) in [6.07, 6.45) is 0.173. The average Bonchev–Trinajstić information content (AvgIpc) is 2.63. The summed E-state index contributed by atoms with van der Waals surface area (Å²) >= 11 is 0. The van der Waals surface area contributed by atoms with Gasteiger partial charge in [0.2, 0.25) is 11.9 Å². The molecule has 1 amide bonds. The fourth-order valence-corrected chi connectivity index (χ4v) is 2.07. The van der Waals surface area contributed by atoms with Crippen LogP contribution < -0.4 is 11.5 Å². The lowest BCUT2D eigenvalue weighted by Gasteiger charge is -2.13. The third-order valence-electron chi connectivity index (χ3n) is 2.81. The van der Waals surface area contributed by atoms with Gasteiger partial charge in [0.05, 0.1) is 11.1 Å². The van der Waals surface area contributed by atoms with Gasteiger partial charge in [-0.3, -0.25) is 4.79 Å². The number of hydrogen-bond donors (Lipinski definition) is 2. The zero-order chi connectivity index (χ0) is 13.3. The van der Waals surface area contributed by atoms with Gasteiger partial charge in [-0.05, 0) is 19.1 Å². The van der Waals surface area contributed by atoms with E-state index in [0.29, 0.717) is 11.1 Å². The van der Waals surface area contributed by atoms with E-state index in [9.17, 15) is 4.79 Å². The molecule has 0 saturated heterocycles. The summed E-state index contributed by atoms with van der Waals surface area (Å²) in [4.78, 5) is 15.1. The lowest BCUT2D eigenvalue weighted by atomic mass is 10.2. The SMILES string of the molecule is CC(CC(N)=O)n1c(N)nc2c(C#N)cccc21. The molecule has 4 N–H and O–H groups in total. The number of nitriles is 1. The topological polar surface area (TPSA) is 111 Å². The van der Waals surface area contributed by atoms with Gasteiger partial charge in [0, 0.05) is 12.5 Å². The smallest absolute Gasteiger partial charge is 0.219 e. The van der Waals surface area contributed by atoms with Crippen molar-refractivity contribution in [2.45, 2.75) is 19.4 Å². The van der Waals surface area contributed by atoms with Crippen molar-refractivity contribution in [1.29, 1.82) is 5.26 Å². The molecule has 2 rings (SSSR count). The molecule has 6 heteroatoms. The van der Waals surface area contributed by atoms with Crippen molar-refractivity contribution in [2.24, 2.45) is 5.73 Å². The normalized spacial score (nSPS) is 12.2. The van der Waals surface area contributed by atoms with Gasteiger partial charge in [-0.1, -0.05) is 6.07 Å². The number of imidazole rings is 1. The molecular formula is C12H13N5O. The van der Waals surface area contributed by atoms with Crippen molar-refractivity contribution in [3.8, 4) is 6.07 Å². The monoisotopic (exact) mass is 243 g/mol. The standard InChI is InChI=1S/C12H13N5O/c1-7(5-10(14)18)17-9-4-2-3-8(6-13)11(9)16-12(17)15/h2-4,7H,5H2,1H3,(H2,14,18)(H2,15,16). The molecule has 0 bridgehead atoms. The molecule has 0 aliphatic carbocycles. The maximum atomic E-state index is 11.0. The van der Waals surface area contributed by atoms with Crippen LogP contribution in [0.15, 0.2) is 18.2 Å². The van der Waals surface area contributed by atoms with Gasteiger partial charge in [0.25, 0.3) is 0 Å². The van der Waals surface area contributed by atoms with E-state index in [1.165, 1.54) is 0 Å². The number of nitrogen functional groups attached to an aromatic ring is 1. The Hall–Kier alpha value is -2.55. The number of nitrogens with zero attached hydrogens (tertiary/aromatic N) is 3. The quantitative estimate of drug-likeness (QED) is 0.835. The summed E-state index contributed by atoms with van der Waals surface area (Å²) in [6.45, 7) is 1.83. The lowest BCUT2D eigenvalue weighted by molar-refractivity contribution is -0.118. The van der Waals surface area contributed by atoms with Gasteiger partial charge in [-0.15, -0.1) is 0 Å². The van der Waals surface area contributed by atoms with Crippen LogP contribution in [0.4, 0.5) is 5.95 Å². The number of rotatable bonds is 3. The first-order valence-corrected chi connectivity index (χ1v) is 5.49. The van der Waals surface area contributed by atoms with E-state index in [0.717, 1.165) is 5.52 Å². The van der Waals surface area contributed by atoms with E-state index in [-0.39, 0.29) is 18.4 Å². The van der Waals surface area contributed by atoms with Crippen molar-refractivity contribution in [3.63, 3.8) is 0 Å². The number of nitrogens with two attached hydrogens (primary N) is 2. The number of benzene rings is 1. The number of fused-ring (bicyclic) bond motifs is 1. The van der Waals surface area contributed by atoms with E-state index in [2.05, 4.69) is 11.1 Å². The number of amides is 1. The second kappa shape index (κ2) is 4.37. The first-order chi connectivity index (χ1) is 8.54. The summed E-state index contributed by atoms with van der Waals surface area (Å²) in [5.74, 6) is -0.123. The van der Waals surface area contributed by atoms with Crippen LogP contribution in [-0.2, 0) is 4.79 Å². The number of anilines is 1. The van der Waals surface area contributed by atoms with Crippen LogP contribution in [0, 0.1) is 11.3 Å². The zero-order valence-electron chi connectivity index (χ0n) is 9.92. The maximum absolute atomic E-state index is 11.0. The number of carbonyl (C=O) groups is 1. The summed E-state index contributed by atoms with van der Waals surface area (Å²) in [5.41, 5.74) is 12.8. The fourth-order valence-electron chi connectivity index (χ4n) is 2.07. The maximum Gasteiger partial charge on any atom is 0.219 e. The van der Waals surface area contributed by atoms with Crippen LogP contribution in [0.3, 0.4) is 0 Å². The third-order valence-corrected chi connectivity index (χ3v) is 2.81. The molecule has 0 aliphatic rings. The lowest BCUT2D eigenvalue weighted by Crippen LogP contribution is -2.18. The molecule has 1 unspecified atom stereocenters. The van der Waals surface area contributed by atoms with Crippen LogP contribution in [0.5, 0.6) is 0 Å². The predicted molar refractivity (Wildman–Crippen MR) is 67.4 cm³/mol. The van der Waals surface area contributed by atoms with Gasteiger partial charge in [0.1, 0.15) is 11.6 Å². The molecule has 0 saturated carbocycles. The van der Waals surface area contributed by atoms with Crippen molar-refractivity contribution >= 4 is 22.9 Å². The zero-order valence-corrected chi connectivity index (χ0v) is 9.92. The molecule has 92 valence electrons. The first-order valence-electron chi connectivity index (χ1n) is 5.49. The van der Waals surface area contributed by atoms with Crippen molar-refractivity contribution in [3.05, 3.63) is 23.8 Å². The van der Waals surface area contributed by atoms with Crippen LogP contribution in [0.1, 0.15) is 24.9 Å². The van der Waals surface area contributed by atoms with Crippen molar-refractivity contribution in [1.82, 2.24) is 9.55 Å². The highest BCUT2D eigenvalue weighted by Crippen LogP contribution is 2.26. The van der Waals surface area contributed by atoms with E-state index >= 15 is 0 Å². The summed E-state index contributed by atoms with van der Waals surface area (Å²) in [7, 11) is 0. The minimum Gasteiger partial charge on any atom is -0.370 e. The first kappa shape index (κ1) is 11.9. The highest BCUT2D eigenvalue weighted by molar-refractivity contribution is 5.84. The molecule has 0 aliphatic heterocycles. The molecule has 1 aromatic carbocycles. The molecule has 0 radical (unpaired) electrons. The minimum absolute atomic E-state index is 0.173. The van der Waals surface area contributed by atoms with Gasteiger partial charge >= 0.3 is 0 Å². The Labute approximate surface area is 104 Å². The molecule has 18 heavy (non-hydrogen) atoms. The van der Waals surface area contributed by atoms with E-state index in [1.807, 2.05) is 13.0 Å². The number of carbonyl (C=O) groups excluding carboxylic acids is 1. The minimum atomic E-state index is -0.403. The molecule has 2 aromatic rings. The number of para-hydroxylation sites is 1. The van der Waals surface area contributed by atoms with E-state index < -0.39 is 5.91 Å². The van der Waals surface area contributed by atoms with Crippen molar-refractivity contribution in [2.75, 3.05) is 5.73 Å². The molecule has 1 atom stereocenters. The molecule has 1 aromatic heterocycles. The Balaban J connectivity index is 2.62. The van der Waals surface area contributed by atoms with Gasteiger partial charge < -0.3 is 16.0 Å². The summed E-state index contributed by atoms with van der Waals surface area (Å²) in [5, 5.41) is 9.01. The number of aromatic nitrogens is 2. The molecule has 6 nitrogen and oxygen atoms in total. The van der Waals surface area contributed by atoms with Crippen molar-refractivity contribution < 1.29 is 4.79 Å². The molecule has 1 heterocycles. The highest BCUT2D eigenvalue weighted by Gasteiger charge is 2.17. The summed E-state index contributed by atoms with van der Waals surface area (Å²) in [6, 6.07) is 7.13. The van der Waals surface area contributed by atoms with E-state index in [1.54, 1.807) is 16.7 Å².